The Morgan fingerprint density at radius 2 is 1.60 bits per heavy atom. The van der Waals surface area contributed by atoms with Gasteiger partial charge >= 0.3 is 0 Å². The molecule has 2 rings (SSSR count). The summed E-state index contributed by atoms with van der Waals surface area (Å²) in [6.07, 6.45) is 1.62. The molecule has 0 bridgehead atoms. The van der Waals surface area contributed by atoms with Crippen molar-refractivity contribution in [2.45, 2.75) is 18.9 Å². The van der Waals surface area contributed by atoms with Crippen LogP contribution in [0.1, 0.15) is 11.1 Å². The van der Waals surface area contributed by atoms with Gasteiger partial charge in [-0.05, 0) is 54.8 Å². The van der Waals surface area contributed by atoms with Gasteiger partial charge in [0.2, 0.25) is 0 Å². The van der Waals surface area contributed by atoms with Crippen molar-refractivity contribution in [2.24, 2.45) is 0 Å². The van der Waals surface area contributed by atoms with Crippen LogP contribution in [0.15, 0.2) is 42.5 Å². The van der Waals surface area contributed by atoms with Crippen molar-refractivity contribution in [3.05, 3.63) is 68.7 Å². The van der Waals surface area contributed by atoms with Crippen LogP contribution in [0, 0.1) is 0 Å². The SMILES string of the molecule is OC[C@H](Cc1ccc(Cl)cc1)NCCNCCc1ccc(Cl)cc1Cl. The Morgan fingerprint density at radius 3 is 2.28 bits per heavy atom. The number of aliphatic hydroxyl groups excluding tert-OH is 1. The predicted molar refractivity (Wildman–Crippen MR) is 107 cm³/mol. The van der Waals surface area contributed by atoms with Crippen LogP contribution in [0.3, 0.4) is 0 Å². The molecular formula is C19H23Cl3N2O. The third-order valence-electron chi connectivity index (χ3n) is 3.94. The Balaban J connectivity index is 1.63. The molecule has 3 nitrogen and oxygen atoms in total. The van der Waals surface area contributed by atoms with Crippen molar-refractivity contribution < 1.29 is 5.11 Å². The zero-order valence-corrected chi connectivity index (χ0v) is 16.2. The summed E-state index contributed by atoms with van der Waals surface area (Å²) in [5.74, 6) is 0. The average Bonchev–Trinajstić information content (AvgIpc) is 2.60. The Hall–Kier alpha value is -0.810. The molecule has 3 N–H and O–H groups in total. The van der Waals surface area contributed by atoms with Crippen LogP contribution in [0.25, 0.3) is 0 Å². The van der Waals surface area contributed by atoms with Gasteiger partial charge in [-0.25, -0.2) is 0 Å². The summed E-state index contributed by atoms with van der Waals surface area (Å²) in [5, 5.41) is 18.3. The largest absolute Gasteiger partial charge is 0.395 e. The topological polar surface area (TPSA) is 44.3 Å². The second-order valence-electron chi connectivity index (χ2n) is 5.90. The van der Waals surface area contributed by atoms with E-state index in [1.165, 1.54) is 0 Å². The molecule has 136 valence electrons. The Kier molecular flexibility index (Phi) is 9.04. The molecule has 2 aromatic rings. The summed E-state index contributed by atoms with van der Waals surface area (Å²) in [7, 11) is 0. The third-order valence-corrected chi connectivity index (χ3v) is 4.78. The van der Waals surface area contributed by atoms with Gasteiger partial charge in [-0.2, -0.15) is 0 Å². The highest BCUT2D eigenvalue weighted by Crippen LogP contribution is 2.21. The van der Waals surface area contributed by atoms with Crippen LogP contribution in [-0.4, -0.2) is 37.4 Å². The van der Waals surface area contributed by atoms with E-state index in [-0.39, 0.29) is 12.6 Å². The van der Waals surface area contributed by atoms with E-state index < -0.39 is 0 Å². The summed E-state index contributed by atoms with van der Waals surface area (Å²) in [6, 6.07) is 13.3. The Bertz CT molecular complexity index is 650. The minimum Gasteiger partial charge on any atom is -0.395 e. The second kappa shape index (κ2) is 11.0. The summed E-state index contributed by atoms with van der Waals surface area (Å²) in [4.78, 5) is 0. The maximum atomic E-state index is 9.51. The molecule has 0 spiro atoms. The van der Waals surface area contributed by atoms with Crippen molar-refractivity contribution in [1.82, 2.24) is 10.6 Å². The highest BCUT2D eigenvalue weighted by atomic mass is 35.5. The fourth-order valence-electron chi connectivity index (χ4n) is 2.54. The summed E-state index contributed by atoms with van der Waals surface area (Å²) in [5.41, 5.74) is 2.24. The Morgan fingerprint density at radius 1 is 0.880 bits per heavy atom. The van der Waals surface area contributed by atoms with Gasteiger partial charge < -0.3 is 15.7 Å². The van der Waals surface area contributed by atoms with Crippen molar-refractivity contribution in [3.63, 3.8) is 0 Å². The first-order chi connectivity index (χ1) is 12.1. The monoisotopic (exact) mass is 400 g/mol. The molecule has 0 radical (unpaired) electrons. The van der Waals surface area contributed by atoms with Crippen LogP contribution < -0.4 is 10.6 Å². The summed E-state index contributed by atoms with van der Waals surface area (Å²) >= 11 is 17.9. The van der Waals surface area contributed by atoms with Crippen LogP contribution in [0.4, 0.5) is 0 Å². The van der Waals surface area contributed by atoms with E-state index in [0.29, 0.717) is 10.0 Å². The lowest BCUT2D eigenvalue weighted by Gasteiger charge is -2.16. The number of nitrogens with one attached hydrogen (secondary N) is 2. The van der Waals surface area contributed by atoms with Gasteiger partial charge in [0.25, 0.3) is 0 Å². The quantitative estimate of drug-likeness (QED) is 0.528. The molecule has 0 aliphatic heterocycles. The second-order valence-corrected chi connectivity index (χ2v) is 7.18. The van der Waals surface area contributed by atoms with E-state index >= 15 is 0 Å². The highest BCUT2D eigenvalue weighted by Gasteiger charge is 2.07. The fraction of sp³-hybridized carbons (Fsp3) is 0.368. The van der Waals surface area contributed by atoms with Crippen molar-refractivity contribution in [2.75, 3.05) is 26.2 Å². The molecule has 0 saturated carbocycles. The third kappa shape index (κ3) is 7.53. The van der Waals surface area contributed by atoms with E-state index in [4.69, 9.17) is 34.8 Å². The van der Waals surface area contributed by atoms with Crippen molar-refractivity contribution in [3.8, 4) is 0 Å². The van der Waals surface area contributed by atoms with Gasteiger partial charge in [-0.15, -0.1) is 0 Å². The average molecular weight is 402 g/mol. The Labute approximate surface area is 164 Å². The zero-order valence-electron chi connectivity index (χ0n) is 13.9. The maximum absolute atomic E-state index is 9.51. The van der Waals surface area contributed by atoms with E-state index in [9.17, 15) is 5.11 Å². The van der Waals surface area contributed by atoms with E-state index in [0.717, 1.165) is 48.6 Å². The minimum absolute atomic E-state index is 0.0358. The number of halogens is 3. The fourth-order valence-corrected chi connectivity index (χ4v) is 3.17. The van der Waals surface area contributed by atoms with Gasteiger partial charge in [-0.3, -0.25) is 0 Å². The molecule has 0 aliphatic carbocycles. The summed E-state index contributed by atoms with van der Waals surface area (Å²) < 4.78 is 0. The van der Waals surface area contributed by atoms with Gasteiger partial charge in [0.15, 0.2) is 0 Å². The highest BCUT2D eigenvalue weighted by molar-refractivity contribution is 6.35. The molecule has 0 unspecified atom stereocenters. The molecule has 2 aromatic carbocycles. The number of hydrogen-bond acceptors (Lipinski definition) is 3. The molecule has 0 fully saturated rings. The number of benzene rings is 2. The van der Waals surface area contributed by atoms with Gasteiger partial charge in [0.1, 0.15) is 0 Å². The number of aliphatic hydroxyl groups is 1. The van der Waals surface area contributed by atoms with Crippen LogP contribution in [0.5, 0.6) is 0 Å². The molecule has 1 atom stereocenters. The molecule has 0 saturated heterocycles. The lowest BCUT2D eigenvalue weighted by atomic mass is 10.1. The van der Waals surface area contributed by atoms with E-state index in [1.54, 1.807) is 6.07 Å². The van der Waals surface area contributed by atoms with Gasteiger partial charge in [0.05, 0.1) is 6.61 Å². The van der Waals surface area contributed by atoms with Crippen molar-refractivity contribution in [1.29, 1.82) is 0 Å². The number of hydrogen-bond donors (Lipinski definition) is 3. The molecule has 25 heavy (non-hydrogen) atoms. The molecule has 0 aromatic heterocycles. The van der Waals surface area contributed by atoms with Crippen LogP contribution >= 0.6 is 34.8 Å². The molecule has 0 heterocycles. The first kappa shape index (κ1) is 20.5. The van der Waals surface area contributed by atoms with Crippen molar-refractivity contribution >= 4 is 34.8 Å². The van der Waals surface area contributed by atoms with Crippen LogP contribution in [0.2, 0.25) is 15.1 Å². The van der Waals surface area contributed by atoms with E-state index in [1.807, 2.05) is 36.4 Å². The van der Waals surface area contributed by atoms with Gasteiger partial charge in [0, 0.05) is 34.2 Å². The standard InChI is InChI=1S/C19H23Cl3N2O/c20-16-4-1-14(2-5-16)11-18(13-25)24-10-9-23-8-7-15-3-6-17(21)12-19(15)22/h1-6,12,18,23-25H,7-11,13H2/t18-/m0/s1. The van der Waals surface area contributed by atoms with Crippen LogP contribution in [-0.2, 0) is 12.8 Å². The lowest BCUT2D eigenvalue weighted by molar-refractivity contribution is 0.242. The first-order valence-electron chi connectivity index (χ1n) is 8.32. The summed E-state index contributed by atoms with van der Waals surface area (Å²) in [6.45, 7) is 2.54. The zero-order chi connectivity index (χ0) is 18.1. The molecule has 0 aliphatic rings. The molecular weight excluding hydrogens is 379 g/mol. The normalized spacial score (nSPS) is 12.3. The minimum atomic E-state index is 0.0358. The number of rotatable bonds is 10. The lowest BCUT2D eigenvalue weighted by Crippen LogP contribution is -2.39. The first-order valence-corrected chi connectivity index (χ1v) is 9.45. The smallest absolute Gasteiger partial charge is 0.0587 e. The maximum Gasteiger partial charge on any atom is 0.0587 e. The molecule has 0 amide bonds. The van der Waals surface area contributed by atoms with Gasteiger partial charge in [-0.1, -0.05) is 53.0 Å². The molecule has 6 heteroatoms. The van der Waals surface area contributed by atoms with E-state index in [2.05, 4.69) is 10.6 Å². The predicted octanol–water partition coefficient (Wildman–Crippen LogP) is 3.97.